The van der Waals surface area contributed by atoms with E-state index in [1.807, 2.05) is 18.2 Å². The summed E-state index contributed by atoms with van der Waals surface area (Å²) in [5.74, 6) is 1.50. The van der Waals surface area contributed by atoms with Gasteiger partial charge in [0.05, 0.1) is 24.9 Å². The third kappa shape index (κ3) is 2.95. The Labute approximate surface area is 121 Å². The topological polar surface area (TPSA) is 80.3 Å². The molecule has 1 aromatic carbocycles. The van der Waals surface area contributed by atoms with Crippen LogP contribution in [0.5, 0.6) is 11.5 Å². The molecule has 2 aromatic rings. The normalized spacial score (nSPS) is 9.85. The lowest BCUT2D eigenvalue weighted by Gasteiger charge is -2.11. The van der Waals surface area contributed by atoms with Gasteiger partial charge in [0.25, 0.3) is 0 Å². The molecule has 104 valence electrons. The number of rotatable bonds is 5. The van der Waals surface area contributed by atoms with E-state index in [9.17, 15) is 0 Å². The summed E-state index contributed by atoms with van der Waals surface area (Å²) in [6.07, 6.45) is 0. The maximum absolute atomic E-state index is 8.88. The number of nitriles is 1. The molecule has 0 saturated carbocycles. The molecule has 2 rings (SSSR count). The summed E-state index contributed by atoms with van der Waals surface area (Å²) in [6.45, 7) is 0.581. The molecule has 20 heavy (non-hydrogen) atoms. The highest BCUT2D eigenvalue weighted by molar-refractivity contribution is 7.17. The van der Waals surface area contributed by atoms with Crippen molar-refractivity contribution in [3.8, 4) is 17.6 Å². The Hall–Kier alpha value is -2.39. The zero-order valence-corrected chi connectivity index (χ0v) is 12.1. The van der Waals surface area contributed by atoms with E-state index in [0.717, 1.165) is 22.1 Å². The molecule has 0 bridgehead atoms. The molecule has 0 saturated heterocycles. The molecule has 3 N–H and O–H groups in total. The minimum atomic E-state index is 0.502. The Morgan fingerprint density at radius 2 is 2.10 bits per heavy atom. The van der Waals surface area contributed by atoms with Gasteiger partial charge in [0.2, 0.25) is 0 Å². The summed E-state index contributed by atoms with van der Waals surface area (Å²) in [5.41, 5.74) is 7.22. The molecule has 6 heteroatoms. The van der Waals surface area contributed by atoms with Crippen LogP contribution in [0.1, 0.15) is 10.4 Å². The molecule has 0 aliphatic carbocycles. The molecule has 0 amide bonds. The van der Waals surface area contributed by atoms with Gasteiger partial charge >= 0.3 is 0 Å². The molecule has 0 atom stereocenters. The van der Waals surface area contributed by atoms with Crippen LogP contribution in [0.25, 0.3) is 0 Å². The fraction of sp³-hybridized carbons (Fsp3) is 0.214. The van der Waals surface area contributed by atoms with Crippen molar-refractivity contribution in [3.63, 3.8) is 0 Å². The second-order valence-corrected chi connectivity index (χ2v) is 5.09. The smallest absolute Gasteiger partial charge is 0.129 e. The predicted molar refractivity (Wildman–Crippen MR) is 80.3 cm³/mol. The lowest BCUT2D eigenvalue weighted by Crippen LogP contribution is -2.00. The van der Waals surface area contributed by atoms with Crippen LogP contribution in [-0.4, -0.2) is 14.2 Å². The van der Waals surface area contributed by atoms with Crippen molar-refractivity contribution in [3.05, 3.63) is 34.7 Å². The van der Waals surface area contributed by atoms with Crippen LogP contribution in [0.15, 0.2) is 24.3 Å². The summed E-state index contributed by atoms with van der Waals surface area (Å²) >= 11 is 1.34. The van der Waals surface area contributed by atoms with Gasteiger partial charge < -0.3 is 20.5 Å². The number of nitrogens with zero attached hydrogens (tertiary/aromatic N) is 1. The molecule has 0 unspecified atom stereocenters. The van der Waals surface area contributed by atoms with E-state index in [-0.39, 0.29) is 0 Å². The van der Waals surface area contributed by atoms with Crippen molar-refractivity contribution >= 4 is 22.0 Å². The van der Waals surface area contributed by atoms with E-state index in [4.69, 9.17) is 20.5 Å². The Morgan fingerprint density at radius 1 is 1.30 bits per heavy atom. The Kier molecular flexibility index (Phi) is 4.33. The third-order valence-electron chi connectivity index (χ3n) is 2.81. The molecule has 0 aliphatic rings. The quantitative estimate of drug-likeness (QED) is 0.884. The summed E-state index contributed by atoms with van der Waals surface area (Å²) in [7, 11) is 3.24. The maximum Gasteiger partial charge on any atom is 0.129 e. The lowest BCUT2D eigenvalue weighted by molar-refractivity contribution is 0.391. The van der Waals surface area contributed by atoms with Gasteiger partial charge in [-0.1, -0.05) is 0 Å². The van der Waals surface area contributed by atoms with Crippen LogP contribution in [0.2, 0.25) is 0 Å². The Bertz CT molecular complexity index is 646. The average Bonchev–Trinajstić information content (AvgIpc) is 2.85. The SMILES string of the molecule is COc1ccc(CNc2cc(N)c(C#N)s2)c(OC)c1. The molecule has 0 aliphatic heterocycles. The highest BCUT2D eigenvalue weighted by Gasteiger charge is 2.08. The number of hydrogen-bond donors (Lipinski definition) is 2. The molecular formula is C14H15N3O2S. The number of methoxy groups -OCH3 is 2. The number of nitrogen functional groups attached to an aromatic ring is 1. The van der Waals surface area contributed by atoms with Gasteiger partial charge in [0.15, 0.2) is 0 Å². The molecule has 0 radical (unpaired) electrons. The zero-order valence-electron chi connectivity index (χ0n) is 11.3. The van der Waals surface area contributed by atoms with Crippen molar-refractivity contribution in [2.45, 2.75) is 6.54 Å². The van der Waals surface area contributed by atoms with E-state index in [0.29, 0.717) is 17.1 Å². The van der Waals surface area contributed by atoms with Gasteiger partial charge in [0, 0.05) is 18.2 Å². The van der Waals surface area contributed by atoms with Gasteiger partial charge in [-0.25, -0.2) is 0 Å². The second kappa shape index (κ2) is 6.17. The third-order valence-corrected chi connectivity index (χ3v) is 3.82. The maximum atomic E-state index is 8.88. The van der Waals surface area contributed by atoms with Crippen molar-refractivity contribution in [1.29, 1.82) is 5.26 Å². The first-order valence-electron chi connectivity index (χ1n) is 5.92. The highest BCUT2D eigenvalue weighted by Crippen LogP contribution is 2.30. The largest absolute Gasteiger partial charge is 0.497 e. The van der Waals surface area contributed by atoms with Crippen molar-refractivity contribution in [1.82, 2.24) is 0 Å². The summed E-state index contributed by atoms with van der Waals surface area (Å²) in [5, 5.41) is 13.0. The van der Waals surface area contributed by atoms with E-state index < -0.39 is 0 Å². The predicted octanol–water partition coefficient (Wildman–Crippen LogP) is 2.83. The van der Waals surface area contributed by atoms with Crippen LogP contribution in [0.3, 0.4) is 0 Å². The zero-order chi connectivity index (χ0) is 14.5. The van der Waals surface area contributed by atoms with Gasteiger partial charge in [0.1, 0.15) is 22.4 Å². The monoisotopic (exact) mass is 289 g/mol. The molecular weight excluding hydrogens is 274 g/mol. The first-order chi connectivity index (χ1) is 9.67. The first-order valence-corrected chi connectivity index (χ1v) is 6.73. The summed E-state index contributed by atoms with van der Waals surface area (Å²) in [4.78, 5) is 0.522. The molecule has 1 aromatic heterocycles. The van der Waals surface area contributed by atoms with Crippen molar-refractivity contribution in [2.24, 2.45) is 0 Å². The molecule has 1 heterocycles. The second-order valence-electron chi connectivity index (χ2n) is 4.04. The number of benzene rings is 1. The van der Waals surface area contributed by atoms with Gasteiger partial charge in [-0.15, -0.1) is 11.3 Å². The summed E-state index contributed by atoms with van der Waals surface area (Å²) < 4.78 is 10.5. The molecule has 0 fully saturated rings. The standard InChI is InChI=1S/C14H15N3O2S/c1-18-10-4-3-9(12(5-10)19-2)8-17-14-6-11(16)13(7-15)20-14/h3-6,17H,8,16H2,1-2H3. The van der Waals surface area contributed by atoms with Crippen LogP contribution < -0.4 is 20.5 Å². The minimum Gasteiger partial charge on any atom is -0.497 e. The highest BCUT2D eigenvalue weighted by atomic mass is 32.1. The average molecular weight is 289 g/mol. The van der Waals surface area contributed by atoms with Gasteiger partial charge in [-0.3, -0.25) is 0 Å². The number of ether oxygens (including phenoxy) is 2. The number of thiophene rings is 1. The van der Waals surface area contributed by atoms with Gasteiger partial charge in [-0.2, -0.15) is 5.26 Å². The number of anilines is 2. The fourth-order valence-electron chi connectivity index (χ4n) is 1.76. The van der Waals surface area contributed by atoms with Crippen LogP contribution >= 0.6 is 11.3 Å². The Morgan fingerprint density at radius 3 is 2.70 bits per heavy atom. The van der Waals surface area contributed by atoms with Gasteiger partial charge in [-0.05, 0) is 18.2 Å². The lowest BCUT2D eigenvalue weighted by atomic mass is 10.2. The molecule has 0 spiro atoms. The van der Waals surface area contributed by atoms with Crippen molar-refractivity contribution < 1.29 is 9.47 Å². The minimum absolute atomic E-state index is 0.502. The summed E-state index contributed by atoms with van der Waals surface area (Å²) in [6, 6.07) is 9.48. The van der Waals surface area contributed by atoms with E-state index >= 15 is 0 Å². The van der Waals surface area contributed by atoms with E-state index in [1.54, 1.807) is 20.3 Å². The van der Waals surface area contributed by atoms with Crippen molar-refractivity contribution in [2.75, 3.05) is 25.3 Å². The number of hydrogen-bond acceptors (Lipinski definition) is 6. The number of nitrogens with two attached hydrogens (primary N) is 1. The first kappa shape index (κ1) is 14.0. The van der Waals surface area contributed by atoms with E-state index in [2.05, 4.69) is 11.4 Å². The fourth-order valence-corrected chi connectivity index (χ4v) is 2.53. The Balaban J connectivity index is 2.12. The van der Waals surface area contributed by atoms with Crippen LogP contribution in [-0.2, 0) is 6.54 Å². The van der Waals surface area contributed by atoms with Crippen LogP contribution in [0.4, 0.5) is 10.7 Å². The number of nitrogens with one attached hydrogen (secondary N) is 1. The molecule has 5 nitrogen and oxygen atoms in total. The van der Waals surface area contributed by atoms with E-state index in [1.165, 1.54) is 11.3 Å². The van der Waals surface area contributed by atoms with Crippen LogP contribution in [0, 0.1) is 11.3 Å².